The second kappa shape index (κ2) is 4.96. The number of rotatable bonds is 0. The molecule has 4 rings (SSSR count). The van der Waals surface area contributed by atoms with E-state index in [-0.39, 0.29) is 28.6 Å². The van der Waals surface area contributed by atoms with Crippen LogP contribution in [-0.4, -0.2) is 27.7 Å². The van der Waals surface area contributed by atoms with Gasteiger partial charge in [-0.3, -0.25) is 4.79 Å². The third-order valence-corrected chi connectivity index (χ3v) is 7.93. The second-order valence-corrected chi connectivity index (χ2v) is 9.37. The van der Waals surface area contributed by atoms with Gasteiger partial charge in [-0.25, -0.2) is 0 Å². The maximum absolute atomic E-state index is 11.9. The minimum absolute atomic E-state index is 0.0750. The Morgan fingerprint density at radius 2 is 2.04 bits per heavy atom. The van der Waals surface area contributed by atoms with Gasteiger partial charge in [-0.1, -0.05) is 25.3 Å². The fourth-order valence-electron chi connectivity index (χ4n) is 6.94. The maximum atomic E-state index is 11.9. The van der Waals surface area contributed by atoms with Gasteiger partial charge in [-0.2, -0.15) is 0 Å². The number of allylic oxidation sites excluding steroid dienone is 1. The zero-order valence-electron chi connectivity index (χ0n) is 14.7. The monoisotopic (exact) mass is 328 g/mol. The number of aliphatic hydroxyl groups excluding tert-OH is 1. The number of hydrogen-bond donors (Lipinski definition) is 2. The summed E-state index contributed by atoms with van der Waals surface area (Å²) in [6, 6.07) is 0. The summed E-state index contributed by atoms with van der Waals surface area (Å²) in [4.78, 5) is 11.9. The van der Waals surface area contributed by atoms with E-state index in [2.05, 4.69) is 19.8 Å². The first-order valence-electron chi connectivity index (χ1n) is 9.33. The van der Waals surface area contributed by atoms with Crippen LogP contribution < -0.4 is 0 Å². The third-order valence-electron chi connectivity index (χ3n) is 7.93. The van der Waals surface area contributed by atoms with Crippen LogP contribution in [0.4, 0.5) is 0 Å². The zero-order valence-corrected chi connectivity index (χ0v) is 14.7. The summed E-state index contributed by atoms with van der Waals surface area (Å²) >= 11 is 0. The summed E-state index contributed by atoms with van der Waals surface area (Å²) in [5.74, 6) is 3.79. The van der Waals surface area contributed by atoms with Crippen molar-refractivity contribution < 1.29 is 15.0 Å². The number of carbonyl (C=O) groups excluding carboxylic acids is 1. The molecule has 4 aliphatic rings. The van der Waals surface area contributed by atoms with Gasteiger partial charge in [0.05, 0.1) is 6.10 Å². The first-order valence-corrected chi connectivity index (χ1v) is 9.33. The van der Waals surface area contributed by atoms with Crippen LogP contribution in [0.15, 0.2) is 11.6 Å². The fourth-order valence-corrected chi connectivity index (χ4v) is 6.94. The summed E-state index contributed by atoms with van der Waals surface area (Å²) < 4.78 is 0. The normalized spacial score (nSPS) is 53.5. The average Bonchev–Trinajstić information content (AvgIpc) is 2.79. The Morgan fingerprint density at radius 1 is 1.29 bits per heavy atom. The number of carbonyl (C=O) groups is 1. The van der Waals surface area contributed by atoms with Crippen molar-refractivity contribution in [1.29, 1.82) is 0 Å². The molecular weight excluding hydrogens is 300 g/mol. The van der Waals surface area contributed by atoms with E-state index in [1.54, 1.807) is 0 Å². The highest BCUT2D eigenvalue weighted by Gasteiger charge is 2.63. The zero-order chi connectivity index (χ0) is 17.3. The number of hydrogen-bond acceptors (Lipinski definition) is 3. The van der Waals surface area contributed by atoms with Gasteiger partial charge in [0.25, 0.3) is 0 Å². The Hall–Kier alpha value is -1.11. The second-order valence-electron chi connectivity index (χ2n) is 9.37. The van der Waals surface area contributed by atoms with Crippen molar-refractivity contribution >= 4 is 5.78 Å². The van der Waals surface area contributed by atoms with Crippen molar-refractivity contribution in [2.45, 2.75) is 70.5 Å². The summed E-state index contributed by atoms with van der Waals surface area (Å²) in [5.41, 5.74) is 0.0686. The molecule has 3 heteroatoms. The van der Waals surface area contributed by atoms with Gasteiger partial charge < -0.3 is 10.2 Å². The SMILES string of the molecule is C#C[C@]1(O)C[C@H]2[C@@H]3CCC4=CC(=O)CC[C@]4(C)[C@H]3[C@H](O)C[C@]2(C)C1. The minimum Gasteiger partial charge on any atom is -0.393 e. The molecule has 3 nitrogen and oxygen atoms in total. The number of ketones is 1. The van der Waals surface area contributed by atoms with Gasteiger partial charge in [0.1, 0.15) is 5.60 Å². The lowest BCUT2D eigenvalue weighted by atomic mass is 9.46. The molecule has 24 heavy (non-hydrogen) atoms. The van der Waals surface area contributed by atoms with Crippen molar-refractivity contribution in [1.82, 2.24) is 0 Å². The van der Waals surface area contributed by atoms with Gasteiger partial charge in [-0.05, 0) is 73.2 Å². The molecule has 7 atom stereocenters. The predicted octanol–water partition coefficient (Wildman–Crippen LogP) is 2.85. The first kappa shape index (κ1) is 16.4. The lowest BCUT2D eigenvalue weighted by molar-refractivity contribution is -0.127. The molecule has 130 valence electrons. The third kappa shape index (κ3) is 2.09. The molecule has 0 amide bonds. The Labute approximate surface area is 144 Å². The average molecular weight is 328 g/mol. The molecule has 0 unspecified atom stereocenters. The van der Waals surface area contributed by atoms with Gasteiger partial charge in [0.15, 0.2) is 5.78 Å². The lowest BCUT2D eigenvalue weighted by Gasteiger charge is -2.58. The van der Waals surface area contributed by atoms with Crippen LogP contribution in [0.25, 0.3) is 0 Å². The molecular formula is C21H28O3. The van der Waals surface area contributed by atoms with E-state index in [0.717, 1.165) is 19.3 Å². The number of fused-ring (bicyclic) bond motifs is 5. The first-order chi connectivity index (χ1) is 11.2. The van der Waals surface area contributed by atoms with E-state index in [4.69, 9.17) is 6.42 Å². The molecule has 4 aliphatic carbocycles. The molecule has 0 aliphatic heterocycles. The van der Waals surface area contributed by atoms with Crippen LogP contribution in [-0.2, 0) is 4.79 Å². The molecule has 0 aromatic rings. The Kier molecular flexibility index (Phi) is 3.38. The Morgan fingerprint density at radius 3 is 2.75 bits per heavy atom. The van der Waals surface area contributed by atoms with E-state index >= 15 is 0 Å². The largest absolute Gasteiger partial charge is 0.393 e. The Bertz CT molecular complexity index is 658. The minimum atomic E-state index is -1.02. The molecule has 3 fully saturated rings. The standard InChI is InChI=1S/C21H28O3/c1-4-21(24)10-16-15-6-5-13-9-14(22)7-8-20(13,3)18(15)17(23)11-19(16,2)12-21/h1,9,15-18,23-24H,5-8,10-12H2,2-3H3/t15-,16-,17+,18+,19+,20-,21-/m0/s1. The molecule has 0 bridgehead atoms. The highest BCUT2D eigenvalue weighted by Crippen LogP contribution is 2.66. The smallest absolute Gasteiger partial charge is 0.155 e. The number of terminal acetylenes is 1. The molecule has 0 aromatic carbocycles. The molecule has 3 saturated carbocycles. The lowest BCUT2D eigenvalue weighted by Crippen LogP contribution is -2.55. The highest BCUT2D eigenvalue weighted by molar-refractivity contribution is 5.91. The van der Waals surface area contributed by atoms with E-state index in [1.807, 2.05) is 6.08 Å². The van der Waals surface area contributed by atoms with Crippen molar-refractivity contribution in [3.63, 3.8) is 0 Å². The van der Waals surface area contributed by atoms with Crippen LogP contribution in [0, 0.1) is 40.9 Å². The fraction of sp³-hybridized carbons (Fsp3) is 0.762. The predicted molar refractivity (Wildman–Crippen MR) is 91.9 cm³/mol. The molecule has 0 heterocycles. The van der Waals surface area contributed by atoms with Crippen molar-refractivity contribution in [3.05, 3.63) is 11.6 Å². The summed E-state index contributed by atoms with van der Waals surface area (Å²) in [6.07, 6.45) is 12.4. The summed E-state index contributed by atoms with van der Waals surface area (Å²) in [6.45, 7) is 4.45. The van der Waals surface area contributed by atoms with Crippen LogP contribution in [0.3, 0.4) is 0 Å². The molecule has 0 aromatic heterocycles. The van der Waals surface area contributed by atoms with Crippen LogP contribution in [0.1, 0.15) is 58.8 Å². The van der Waals surface area contributed by atoms with Gasteiger partial charge in [-0.15, -0.1) is 6.42 Å². The van der Waals surface area contributed by atoms with Crippen LogP contribution in [0.2, 0.25) is 0 Å². The van der Waals surface area contributed by atoms with Gasteiger partial charge >= 0.3 is 0 Å². The summed E-state index contributed by atoms with van der Waals surface area (Å²) in [7, 11) is 0. The van der Waals surface area contributed by atoms with Gasteiger partial charge in [0.2, 0.25) is 0 Å². The maximum Gasteiger partial charge on any atom is 0.155 e. The van der Waals surface area contributed by atoms with E-state index in [9.17, 15) is 15.0 Å². The van der Waals surface area contributed by atoms with E-state index in [0.29, 0.717) is 37.5 Å². The molecule has 0 spiro atoms. The van der Waals surface area contributed by atoms with Gasteiger partial charge in [0, 0.05) is 6.42 Å². The molecule has 0 radical (unpaired) electrons. The summed E-state index contributed by atoms with van der Waals surface area (Å²) in [5, 5.41) is 21.8. The van der Waals surface area contributed by atoms with E-state index in [1.165, 1.54) is 5.57 Å². The molecule has 0 saturated heterocycles. The van der Waals surface area contributed by atoms with Crippen molar-refractivity contribution in [2.75, 3.05) is 0 Å². The van der Waals surface area contributed by atoms with Crippen LogP contribution in [0.5, 0.6) is 0 Å². The van der Waals surface area contributed by atoms with Crippen molar-refractivity contribution in [2.24, 2.45) is 28.6 Å². The Balaban J connectivity index is 1.74. The van der Waals surface area contributed by atoms with Crippen LogP contribution >= 0.6 is 0 Å². The van der Waals surface area contributed by atoms with E-state index < -0.39 is 5.60 Å². The number of aliphatic hydroxyl groups is 2. The van der Waals surface area contributed by atoms with Crippen molar-refractivity contribution in [3.8, 4) is 12.3 Å². The quantitative estimate of drug-likeness (QED) is 0.672. The topological polar surface area (TPSA) is 57.5 Å². The molecule has 2 N–H and O–H groups in total. The highest BCUT2D eigenvalue weighted by atomic mass is 16.3.